The third-order valence-corrected chi connectivity index (χ3v) is 5.21. The highest BCUT2D eigenvalue weighted by molar-refractivity contribution is 5.85. The minimum absolute atomic E-state index is 0.155. The van der Waals surface area contributed by atoms with E-state index in [0.717, 1.165) is 11.1 Å². The lowest BCUT2D eigenvalue weighted by Gasteiger charge is -2.13. The highest BCUT2D eigenvalue weighted by Gasteiger charge is 2.29. The summed E-state index contributed by atoms with van der Waals surface area (Å²) in [7, 11) is 1.76. The average molecular weight is 387 g/mol. The van der Waals surface area contributed by atoms with Gasteiger partial charge >= 0.3 is 0 Å². The van der Waals surface area contributed by atoms with Crippen molar-refractivity contribution < 1.29 is 0 Å². The maximum Gasteiger partial charge on any atom is 0.279 e. The van der Waals surface area contributed by atoms with Crippen molar-refractivity contribution in [3.8, 4) is 16.8 Å². The average Bonchev–Trinajstić information content (AvgIpc) is 2.90. The van der Waals surface area contributed by atoms with Gasteiger partial charge in [-0.3, -0.25) is 19.1 Å². The molecule has 1 heterocycles. The number of aryl methyl sites for hydroxylation is 2. The second-order valence-corrected chi connectivity index (χ2v) is 7.35. The Morgan fingerprint density at radius 3 is 2.03 bits per heavy atom. The van der Waals surface area contributed by atoms with Crippen LogP contribution < -0.4 is 21.7 Å². The number of para-hydroxylation sites is 1. The molecule has 0 spiro atoms. The second kappa shape index (κ2) is 6.74. The van der Waals surface area contributed by atoms with Crippen LogP contribution in [-0.4, -0.2) is 9.36 Å². The van der Waals surface area contributed by atoms with E-state index in [4.69, 9.17) is 0 Å². The number of nitrogens with one attached hydrogen (secondary N) is 1. The topological polar surface area (TPSA) is 73.1 Å². The molecule has 0 fully saturated rings. The Bertz CT molecular complexity index is 1350. The summed E-state index contributed by atoms with van der Waals surface area (Å²) in [6, 6.07) is 15.0. The van der Waals surface area contributed by atoms with Gasteiger partial charge in [-0.2, -0.15) is 0 Å². The molecule has 0 unspecified atom stereocenters. The highest BCUT2D eigenvalue weighted by atomic mass is 16.2. The molecule has 4 rings (SSSR count). The van der Waals surface area contributed by atoms with Crippen molar-refractivity contribution >= 4 is 11.4 Å². The number of benzene rings is 2. The second-order valence-electron chi connectivity index (χ2n) is 7.35. The predicted octanol–water partition coefficient (Wildman–Crippen LogP) is 3.11. The van der Waals surface area contributed by atoms with E-state index >= 15 is 0 Å². The zero-order valence-electron chi connectivity index (χ0n) is 16.7. The molecule has 0 aliphatic carbocycles. The summed E-state index contributed by atoms with van der Waals surface area (Å²) in [4.78, 5) is 38.0. The summed E-state index contributed by atoms with van der Waals surface area (Å²) < 4.78 is 3.20. The Labute approximate surface area is 167 Å². The first-order valence-electron chi connectivity index (χ1n) is 9.32. The molecule has 1 N–H and O–H groups in total. The van der Waals surface area contributed by atoms with Crippen LogP contribution >= 0.6 is 0 Å². The summed E-state index contributed by atoms with van der Waals surface area (Å²) in [6.45, 7) is 5.69. The van der Waals surface area contributed by atoms with Crippen LogP contribution in [-0.2, 0) is 7.05 Å². The quantitative estimate of drug-likeness (QED) is 0.546. The van der Waals surface area contributed by atoms with E-state index in [0.29, 0.717) is 17.1 Å². The Morgan fingerprint density at radius 1 is 0.793 bits per heavy atom. The zero-order valence-corrected chi connectivity index (χ0v) is 16.7. The van der Waals surface area contributed by atoms with Gasteiger partial charge in [-0.15, -0.1) is 0 Å². The first-order valence-corrected chi connectivity index (χ1v) is 9.32. The van der Waals surface area contributed by atoms with Crippen LogP contribution in [0.3, 0.4) is 0 Å². The van der Waals surface area contributed by atoms with E-state index in [1.807, 2.05) is 62.4 Å². The molecule has 1 aromatic heterocycles. The van der Waals surface area contributed by atoms with Gasteiger partial charge in [-0.05, 0) is 56.2 Å². The van der Waals surface area contributed by atoms with Gasteiger partial charge < -0.3 is 5.32 Å². The van der Waals surface area contributed by atoms with E-state index in [-0.39, 0.29) is 22.4 Å². The van der Waals surface area contributed by atoms with E-state index < -0.39 is 10.9 Å². The Kier molecular flexibility index (Phi) is 4.34. The third-order valence-electron chi connectivity index (χ3n) is 5.21. The van der Waals surface area contributed by atoms with Gasteiger partial charge in [0.05, 0.1) is 16.8 Å². The first kappa shape index (κ1) is 18.7. The molecule has 146 valence electrons. The molecule has 3 aromatic carbocycles. The smallest absolute Gasteiger partial charge is 0.279 e. The molecule has 0 amide bonds. The monoisotopic (exact) mass is 387 g/mol. The maximum atomic E-state index is 13.2. The normalized spacial score (nSPS) is 11.2. The van der Waals surface area contributed by atoms with Gasteiger partial charge in [0.25, 0.3) is 11.0 Å². The van der Waals surface area contributed by atoms with Crippen molar-refractivity contribution in [1.29, 1.82) is 0 Å². The van der Waals surface area contributed by atoms with Crippen molar-refractivity contribution in [1.82, 2.24) is 9.36 Å². The molecule has 0 bridgehead atoms. The number of anilines is 2. The van der Waals surface area contributed by atoms with Crippen LogP contribution in [0.1, 0.15) is 16.8 Å². The largest absolute Gasteiger partial charge is 0.352 e. The summed E-state index contributed by atoms with van der Waals surface area (Å²) in [5.41, 5.74) is 3.12. The SMILES string of the molecule is Cc1cc(C)cc(Nc2c(-c3c(C)n(C)n(-c4ccccc4)c3=O)c(=O)c2=O)c1. The van der Waals surface area contributed by atoms with Crippen molar-refractivity contribution in [2.75, 3.05) is 5.32 Å². The van der Waals surface area contributed by atoms with Crippen LogP contribution in [0.25, 0.3) is 16.8 Å². The van der Waals surface area contributed by atoms with Crippen LogP contribution in [0.15, 0.2) is 62.9 Å². The lowest BCUT2D eigenvalue weighted by molar-refractivity contribution is 0.630. The molecule has 0 atom stereocenters. The highest BCUT2D eigenvalue weighted by Crippen LogP contribution is 2.28. The number of rotatable bonds is 4. The number of nitrogens with zero attached hydrogens (tertiary/aromatic N) is 2. The van der Waals surface area contributed by atoms with Gasteiger partial charge in [0, 0.05) is 18.4 Å². The molecule has 0 saturated carbocycles. The molecule has 0 radical (unpaired) electrons. The van der Waals surface area contributed by atoms with Crippen LogP contribution in [0.2, 0.25) is 0 Å². The molecule has 4 aromatic rings. The fourth-order valence-corrected chi connectivity index (χ4v) is 3.80. The number of hydrogen-bond acceptors (Lipinski definition) is 4. The van der Waals surface area contributed by atoms with Gasteiger partial charge in [0.1, 0.15) is 5.69 Å². The molecule has 29 heavy (non-hydrogen) atoms. The number of hydrogen-bond donors (Lipinski definition) is 1. The standard InChI is InChI=1S/C23H21N3O3/c1-13-10-14(2)12-16(11-13)24-20-19(21(27)22(20)28)18-15(3)25(4)26(23(18)29)17-8-6-5-7-9-17/h5-12,24H,1-4H3. The van der Waals surface area contributed by atoms with Gasteiger partial charge in [-0.25, -0.2) is 4.68 Å². The van der Waals surface area contributed by atoms with Crippen LogP contribution in [0.5, 0.6) is 0 Å². The maximum absolute atomic E-state index is 13.2. The van der Waals surface area contributed by atoms with Crippen LogP contribution in [0, 0.1) is 20.8 Å². The van der Waals surface area contributed by atoms with Crippen molar-refractivity contribution in [2.24, 2.45) is 7.05 Å². The summed E-state index contributed by atoms with van der Waals surface area (Å²) in [6.07, 6.45) is 0. The Morgan fingerprint density at radius 2 is 1.41 bits per heavy atom. The van der Waals surface area contributed by atoms with Crippen molar-refractivity contribution in [2.45, 2.75) is 20.8 Å². The summed E-state index contributed by atoms with van der Waals surface area (Å²) in [5, 5.41) is 3.06. The van der Waals surface area contributed by atoms with Gasteiger partial charge in [-0.1, -0.05) is 24.3 Å². The first-order chi connectivity index (χ1) is 13.8. The molecule has 0 aliphatic rings. The Balaban J connectivity index is 1.88. The fraction of sp³-hybridized carbons (Fsp3) is 0.174. The molecular formula is C23H21N3O3. The van der Waals surface area contributed by atoms with Crippen LogP contribution in [0.4, 0.5) is 11.4 Å². The van der Waals surface area contributed by atoms with E-state index in [1.54, 1.807) is 18.7 Å². The van der Waals surface area contributed by atoms with Crippen molar-refractivity contribution in [3.63, 3.8) is 0 Å². The summed E-state index contributed by atoms with van der Waals surface area (Å²) >= 11 is 0. The van der Waals surface area contributed by atoms with Gasteiger partial charge in [0.15, 0.2) is 0 Å². The zero-order chi connectivity index (χ0) is 20.9. The third kappa shape index (κ3) is 2.93. The minimum atomic E-state index is -0.636. The number of aromatic nitrogens is 2. The molecule has 6 nitrogen and oxygen atoms in total. The molecular weight excluding hydrogens is 366 g/mol. The van der Waals surface area contributed by atoms with E-state index in [2.05, 4.69) is 5.32 Å². The van der Waals surface area contributed by atoms with Crippen molar-refractivity contribution in [3.05, 3.63) is 96.2 Å². The lowest BCUT2D eigenvalue weighted by Crippen LogP contribution is -2.37. The molecule has 6 heteroatoms. The van der Waals surface area contributed by atoms with Gasteiger partial charge in [0.2, 0.25) is 5.43 Å². The predicted molar refractivity (Wildman–Crippen MR) is 115 cm³/mol. The molecule has 0 aliphatic heterocycles. The van der Waals surface area contributed by atoms with E-state index in [1.165, 1.54) is 4.68 Å². The fourth-order valence-electron chi connectivity index (χ4n) is 3.80. The minimum Gasteiger partial charge on any atom is -0.352 e. The Hall–Kier alpha value is -3.67. The molecule has 0 saturated heterocycles. The summed E-state index contributed by atoms with van der Waals surface area (Å²) in [5.74, 6) is 0. The lowest BCUT2D eigenvalue weighted by atomic mass is 9.98. The van der Waals surface area contributed by atoms with E-state index in [9.17, 15) is 14.4 Å².